The van der Waals surface area contributed by atoms with Gasteiger partial charge in [-0.1, -0.05) is 54.6 Å². The Hall–Kier alpha value is -8.32. The first-order valence-corrected chi connectivity index (χ1v) is 18.9. The van der Waals surface area contributed by atoms with Crippen molar-refractivity contribution in [1.29, 1.82) is 21.0 Å². The summed E-state index contributed by atoms with van der Waals surface area (Å²) >= 11 is 0. The fourth-order valence-electron chi connectivity index (χ4n) is 9.47. The molecule has 60 heavy (non-hydrogen) atoms. The molecule has 3 aliphatic rings. The third-order valence-electron chi connectivity index (χ3n) is 11.1. The van der Waals surface area contributed by atoms with E-state index in [4.69, 9.17) is 0 Å². The van der Waals surface area contributed by atoms with Gasteiger partial charge in [-0.15, -0.1) is 0 Å². The second-order valence-electron chi connectivity index (χ2n) is 14.8. The molecule has 1 saturated carbocycles. The second-order valence-corrected chi connectivity index (χ2v) is 14.8. The number of nitriles is 4. The molecule has 0 unspecified atom stereocenters. The van der Waals surface area contributed by atoms with Gasteiger partial charge in [0.1, 0.15) is 35.4 Å². The molecule has 4 aromatic carbocycles. The normalized spacial score (nSPS) is 19.4. The van der Waals surface area contributed by atoms with Gasteiger partial charge in [0, 0.05) is 73.6 Å². The van der Waals surface area contributed by atoms with Crippen LogP contribution in [0.25, 0.3) is 16.7 Å². The zero-order chi connectivity index (χ0) is 42.9. The zero-order valence-corrected chi connectivity index (χ0v) is 33.0. The molecule has 3 aliphatic carbocycles. The highest BCUT2D eigenvalue weighted by atomic mass is 16.2. The van der Waals surface area contributed by atoms with Crippen LogP contribution in [0, 0.1) is 63.1 Å². The first-order valence-electron chi connectivity index (χ1n) is 18.9. The summed E-state index contributed by atoms with van der Waals surface area (Å²) in [4.78, 5) is 49.6. The van der Waals surface area contributed by atoms with Gasteiger partial charge in [0.15, 0.2) is 0 Å². The molecule has 0 spiro atoms. The van der Waals surface area contributed by atoms with Crippen LogP contribution >= 0.6 is 0 Å². The number of hydrogen-bond acceptors (Lipinski definition) is 8. The molecule has 1 fully saturated rings. The van der Waals surface area contributed by atoms with Crippen LogP contribution < -0.4 is 21.3 Å². The number of carbonyl (C=O) groups is 4. The minimum Gasteiger partial charge on any atom is -0.326 e. The maximum absolute atomic E-state index is 12.5. The standard InChI is InChI=1S/C48H36N8O4/c1-26(57)53-36-13-5-9-30(17-36)41-21-40(33(22-49)23-50)46-45-42(31-10-6-14-37(18-31)54-27(2)58)43(32-11-7-15-38(19-32)55-28(3)59)47(44(45)34(24-51)25-52)48(41,46)35-12-8-16-39(20-35)56-29(4)60/h5-21,45-47H,1-4H3,(H,53,57)(H,54,58)(H,55,59)(H,56,60)/t45-,46-,47+,48-/m1/s1. The van der Waals surface area contributed by atoms with E-state index in [0.29, 0.717) is 72.9 Å². The lowest BCUT2D eigenvalue weighted by atomic mass is 9.56. The van der Waals surface area contributed by atoms with Gasteiger partial charge in [-0.3, -0.25) is 19.2 Å². The van der Waals surface area contributed by atoms with Crippen LogP contribution in [0.5, 0.6) is 0 Å². The Morgan fingerprint density at radius 3 is 1.42 bits per heavy atom. The predicted molar refractivity (Wildman–Crippen MR) is 226 cm³/mol. The Bertz CT molecular complexity index is 2840. The maximum Gasteiger partial charge on any atom is 0.221 e. The first-order chi connectivity index (χ1) is 28.8. The van der Waals surface area contributed by atoms with E-state index in [-0.39, 0.29) is 34.8 Å². The van der Waals surface area contributed by atoms with Crippen LogP contribution in [0.4, 0.5) is 22.7 Å². The molecule has 0 heterocycles. The highest BCUT2D eigenvalue weighted by Gasteiger charge is 2.70. The van der Waals surface area contributed by atoms with E-state index in [1.807, 2.05) is 48.5 Å². The molecule has 0 saturated heterocycles. The largest absolute Gasteiger partial charge is 0.326 e. The van der Waals surface area contributed by atoms with Crippen molar-refractivity contribution in [3.63, 3.8) is 0 Å². The van der Waals surface area contributed by atoms with Crippen LogP contribution in [-0.4, -0.2) is 23.6 Å². The van der Waals surface area contributed by atoms with E-state index < -0.39 is 23.2 Å². The minimum atomic E-state index is -1.28. The number of fused-ring (bicyclic) bond motifs is 5. The summed E-state index contributed by atoms with van der Waals surface area (Å²) in [6.45, 7) is 5.59. The van der Waals surface area contributed by atoms with E-state index in [1.165, 1.54) is 27.7 Å². The Balaban J connectivity index is 1.72. The Labute approximate surface area is 346 Å². The van der Waals surface area contributed by atoms with E-state index in [1.54, 1.807) is 54.6 Å². The Morgan fingerprint density at radius 2 is 0.950 bits per heavy atom. The van der Waals surface area contributed by atoms with Gasteiger partial charge in [0.05, 0.1) is 0 Å². The van der Waals surface area contributed by atoms with Crippen molar-refractivity contribution in [1.82, 2.24) is 0 Å². The van der Waals surface area contributed by atoms with Gasteiger partial charge < -0.3 is 21.3 Å². The number of rotatable bonds is 8. The number of allylic oxidation sites excluding steroid dienone is 8. The number of nitrogens with zero attached hydrogens (tertiary/aromatic N) is 4. The summed E-state index contributed by atoms with van der Waals surface area (Å²) in [5, 5.41) is 54.3. The summed E-state index contributed by atoms with van der Waals surface area (Å²) in [5.41, 5.74) is 5.80. The van der Waals surface area contributed by atoms with E-state index in [0.717, 1.165) is 0 Å². The summed E-state index contributed by atoms with van der Waals surface area (Å²) in [7, 11) is 0. The smallest absolute Gasteiger partial charge is 0.221 e. The maximum atomic E-state index is 12.5. The van der Waals surface area contributed by atoms with E-state index in [2.05, 4.69) is 45.5 Å². The zero-order valence-electron chi connectivity index (χ0n) is 33.0. The van der Waals surface area contributed by atoms with Crippen LogP contribution in [-0.2, 0) is 24.6 Å². The fraction of sp³-hybridized carbons (Fsp3) is 0.167. The van der Waals surface area contributed by atoms with E-state index in [9.17, 15) is 40.2 Å². The van der Waals surface area contributed by atoms with Gasteiger partial charge in [-0.05, 0) is 98.7 Å². The van der Waals surface area contributed by atoms with Crippen molar-refractivity contribution >= 4 is 63.1 Å². The SMILES string of the molecule is CC(=O)Nc1cccc(C2=CC(=C(C#N)C#N)[C@@H]3[C@@H]4C(c5cccc(NC(C)=O)c5)=C(c5cccc(NC(C)=O)c5)[C@@H](C4=C(C#N)C#N)[C@]23c2cccc(NC(C)=O)c2)c1. The lowest BCUT2D eigenvalue weighted by Crippen LogP contribution is -2.40. The van der Waals surface area contributed by atoms with Crippen molar-refractivity contribution in [3.8, 4) is 24.3 Å². The summed E-state index contributed by atoms with van der Waals surface area (Å²) in [6.07, 6.45) is 1.83. The molecule has 12 heteroatoms. The lowest BCUT2D eigenvalue weighted by molar-refractivity contribution is -0.115. The van der Waals surface area contributed by atoms with Crippen molar-refractivity contribution in [2.75, 3.05) is 21.3 Å². The molecular formula is C48H36N8O4. The van der Waals surface area contributed by atoms with Crippen molar-refractivity contribution in [2.24, 2.45) is 17.8 Å². The van der Waals surface area contributed by atoms with Gasteiger partial charge in [0.2, 0.25) is 23.6 Å². The molecule has 0 aliphatic heterocycles. The molecule has 4 amide bonds. The average Bonchev–Trinajstić information content (AvgIpc) is 3.83. The number of amides is 4. The third-order valence-corrected chi connectivity index (χ3v) is 11.1. The van der Waals surface area contributed by atoms with Crippen LogP contribution in [0.2, 0.25) is 0 Å². The first kappa shape index (κ1) is 39.9. The molecule has 4 atom stereocenters. The quantitative estimate of drug-likeness (QED) is 0.128. The summed E-state index contributed by atoms with van der Waals surface area (Å²) < 4.78 is 0. The van der Waals surface area contributed by atoms with Gasteiger partial charge in [0.25, 0.3) is 0 Å². The molecule has 7 rings (SSSR count). The molecule has 12 nitrogen and oxygen atoms in total. The number of benzene rings is 4. The van der Waals surface area contributed by atoms with Crippen LogP contribution in [0.1, 0.15) is 49.9 Å². The monoisotopic (exact) mass is 788 g/mol. The molecule has 292 valence electrons. The van der Waals surface area contributed by atoms with Crippen molar-refractivity contribution in [2.45, 2.75) is 33.1 Å². The summed E-state index contributed by atoms with van der Waals surface area (Å²) in [5.74, 6) is -3.67. The van der Waals surface area contributed by atoms with Crippen molar-refractivity contribution < 1.29 is 19.2 Å². The van der Waals surface area contributed by atoms with Crippen LogP contribution in [0.15, 0.2) is 125 Å². The number of carbonyl (C=O) groups excluding carboxylic acids is 4. The average molecular weight is 789 g/mol. The van der Waals surface area contributed by atoms with E-state index >= 15 is 0 Å². The predicted octanol–water partition coefficient (Wildman–Crippen LogP) is 8.03. The number of hydrogen-bond donors (Lipinski definition) is 4. The highest BCUT2D eigenvalue weighted by Crippen LogP contribution is 2.77. The minimum absolute atomic E-state index is 0.151. The third kappa shape index (κ3) is 6.79. The number of nitrogens with one attached hydrogen (secondary N) is 4. The van der Waals surface area contributed by atoms with Gasteiger partial charge >= 0.3 is 0 Å². The molecule has 2 bridgehead atoms. The topological polar surface area (TPSA) is 212 Å². The summed E-state index contributed by atoms with van der Waals surface area (Å²) in [6, 6.07) is 37.5. The Morgan fingerprint density at radius 1 is 0.533 bits per heavy atom. The fourth-order valence-corrected chi connectivity index (χ4v) is 9.47. The van der Waals surface area contributed by atoms with Gasteiger partial charge in [-0.25, -0.2) is 0 Å². The van der Waals surface area contributed by atoms with Crippen molar-refractivity contribution in [3.05, 3.63) is 148 Å². The second kappa shape index (κ2) is 15.9. The Kier molecular flexibility index (Phi) is 10.6. The highest BCUT2D eigenvalue weighted by molar-refractivity contribution is 6.07. The molecule has 0 aromatic heterocycles. The number of anilines is 4. The van der Waals surface area contributed by atoms with Gasteiger partial charge in [-0.2, -0.15) is 21.0 Å². The molecule has 4 aromatic rings. The van der Waals surface area contributed by atoms with Crippen LogP contribution in [0.3, 0.4) is 0 Å². The molecular weight excluding hydrogens is 753 g/mol. The molecule has 0 radical (unpaired) electrons. The molecule has 4 N–H and O–H groups in total. The lowest BCUT2D eigenvalue weighted by Gasteiger charge is -2.45.